The third-order valence-electron chi connectivity index (χ3n) is 3.41. The minimum absolute atomic E-state index is 0.0216. The van der Waals surface area contributed by atoms with Crippen molar-refractivity contribution in [3.05, 3.63) is 35.9 Å². The number of benzene rings is 1. The van der Waals surface area contributed by atoms with E-state index in [0.717, 1.165) is 12.8 Å². The van der Waals surface area contributed by atoms with Crippen LogP contribution < -0.4 is 10.6 Å². The molecule has 5 heteroatoms. The van der Waals surface area contributed by atoms with E-state index in [-0.39, 0.29) is 11.8 Å². The molecule has 0 spiro atoms. The smallest absolute Gasteiger partial charge is 0.408 e. The number of carbonyl (C=O) groups excluding carboxylic acids is 2. The molecule has 0 aliphatic rings. The van der Waals surface area contributed by atoms with E-state index in [9.17, 15) is 9.59 Å². The van der Waals surface area contributed by atoms with E-state index < -0.39 is 17.7 Å². The fraction of sp³-hybridized carbons (Fsp3) is 0.579. The number of amides is 2. The third-order valence-corrected chi connectivity index (χ3v) is 3.41. The molecule has 24 heavy (non-hydrogen) atoms. The number of hydrogen-bond donors (Lipinski definition) is 2. The van der Waals surface area contributed by atoms with E-state index in [1.54, 1.807) is 20.8 Å². The van der Waals surface area contributed by atoms with E-state index in [0.29, 0.717) is 6.54 Å². The van der Waals surface area contributed by atoms with Gasteiger partial charge in [-0.2, -0.15) is 0 Å². The molecule has 1 rings (SSSR count). The maximum Gasteiger partial charge on any atom is 0.408 e. The number of nitrogens with one attached hydrogen (secondary N) is 2. The second-order valence-corrected chi connectivity index (χ2v) is 7.25. The standard InChI is InChI=1S/C19H30N2O3/c1-14(2)16(21-18(23)24-19(3,4)5)17(22)20-13-9-12-15-10-7-6-8-11-15/h6-8,10-11,14,16H,9,12-13H2,1-5H3,(H,20,22)(H,21,23). The molecule has 0 saturated carbocycles. The monoisotopic (exact) mass is 334 g/mol. The first-order valence-corrected chi connectivity index (χ1v) is 8.50. The molecule has 5 nitrogen and oxygen atoms in total. The minimum atomic E-state index is -0.600. The summed E-state index contributed by atoms with van der Waals surface area (Å²) in [5.41, 5.74) is 0.664. The van der Waals surface area contributed by atoms with Crippen molar-refractivity contribution in [1.82, 2.24) is 10.6 Å². The number of carbonyl (C=O) groups is 2. The topological polar surface area (TPSA) is 67.4 Å². The predicted octanol–water partition coefficient (Wildman–Crippen LogP) is 3.28. The van der Waals surface area contributed by atoms with Gasteiger partial charge in [0.05, 0.1) is 0 Å². The average molecular weight is 334 g/mol. The van der Waals surface area contributed by atoms with E-state index in [1.165, 1.54) is 5.56 Å². The Morgan fingerprint density at radius 1 is 1.12 bits per heavy atom. The van der Waals surface area contributed by atoms with Crippen LogP contribution in [0.1, 0.15) is 46.6 Å². The highest BCUT2D eigenvalue weighted by molar-refractivity contribution is 5.85. The van der Waals surface area contributed by atoms with E-state index in [4.69, 9.17) is 4.74 Å². The highest BCUT2D eigenvalue weighted by atomic mass is 16.6. The molecule has 0 saturated heterocycles. The van der Waals surface area contributed by atoms with Crippen molar-refractivity contribution in [2.24, 2.45) is 5.92 Å². The third kappa shape index (κ3) is 7.99. The van der Waals surface area contributed by atoms with Crippen LogP contribution in [0.15, 0.2) is 30.3 Å². The fourth-order valence-corrected chi connectivity index (χ4v) is 2.23. The van der Waals surface area contributed by atoms with Crippen molar-refractivity contribution >= 4 is 12.0 Å². The van der Waals surface area contributed by atoms with Gasteiger partial charge in [0.25, 0.3) is 0 Å². The first kappa shape index (κ1) is 20.0. The number of aryl methyl sites for hydroxylation is 1. The Balaban J connectivity index is 2.41. The molecule has 0 heterocycles. The van der Waals surface area contributed by atoms with Gasteiger partial charge in [0.2, 0.25) is 5.91 Å². The van der Waals surface area contributed by atoms with E-state index >= 15 is 0 Å². The quantitative estimate of drug-likeness (QED) is 0.752. The molecular formula is C19H30N2O3. The molecule has 0 bridgehead atoms. The summed E-state index contributed by atoms with van der Waals surface area (Å²) in [7, 11) is 0. The Hall–Kier alpha value is -2.04. The van der Waals surface area contributed by atoms with Gasteiger partial charge in [-0.05, 0) is 45.1 Å². The summed E-state index contributed by atoms with van der Waals surface area (Å²) in [4.78, 5) is 24.2. The molecule has 0 fully saturated rings. The molecule has 0 aromatic heterocycles. The van der Waals surface area contributed by atoms with Gasteiger partial charge in [0, 0.05) is 6.54 Å². The van der Waals surface area contributed by atoms with Crippen LogP contribution in [-0.2, 0) is 16.0 Å². The highest BCUT2D eigenvalue weighted by Crippen LogP contribution is 2.09. The van der Waals surface area contributed by atoms with Crippen molar-refractivity contribution in [2.75, 3.05) is 6.54 Å². The maximum atomic E-state index is 12.3. The first-order valence-electron chi connectivity index (χ1n) is 8.50. The number of hydrogen-bond acceptors (Lipinski definition) is 3. The molecule has 0 aliphatic carbocycles. The van der Waals surface area contributed by atoms with Crippen LogP contribution >= 0.6 is 0 Å². The Bertz CT molecular complexity index is 521. The maximum absolute atomic E-state index is 12.3. The molecule has 1 atom stereocenters. The van der Waals surface area contributed by atoms with Crippen LogP contribution in [0.25, 0.3) is 0 Å². The SMILES string of the molecule is CC(C)C(NC(=O)OC(C)(C)C)C(=O)NCCCc1ccccc1. The van der Waals surface area contributed by atoms with E-state index in [2.05, 4.69) is 22.8 Å². The fourth-order valence-electron chi connectivity index (χ4n) is 2.23. The van der Waals surface area contributed by atoms with E-state index in [1.807, 2.05) is 32.0 Å². The van der Waals surface area contributed by atoms with Gasteiger partial charge in [-0.1, -0.05) is 44.2 Å². The zero-order valence-electron chi connectivity index (χ0n) is 15.4. The summed E-state index contributed by atoms with van der Waals surface area (Å²) in [6, 6.07) is 9.55. The molecule has 1 aromatic rings. The summed E-state index contributed by atoms with van der Waals surface area (Å²) in [6.07, 6.45) is 1.19. The van der Waals surface area contributed by atoms with Crippen LogP contribution in [0.4, 0.5) is 4.79 Å². The van der Waals surface area contributed by atoms with Gasteiger partial charge < -0.3 is 15.4 Å². The summed E-state index contributed by atoms with van der Waals surface area (Å²) in [5.74, 6) is -0.199. The van der Waals surface area contributed by atoms with Crippen LogP contribution in [-0.4, -0.2) is 30.2 Å². The predicted molar refractivity (Wildman–Crippen MR) is 95.8 cm³/mol. The van der Waals surface area contributed by atoms with Crippen molar-refractivity contribution in [1.29, 1.82) is 0 Å². The highest BCUT2D eigenvalue weighted by Gasteiger charge is 2.26. The molecule has 2 amide bonds. The summed E-state index contributed by atoms with van der Waals surface area (Å²) < 4.78 is 5.22. The second kappa shape index (κ2) is 9.30. The molecule has 1 aromatic carbocycles. The molecule has 0 aliphatic heterocycles. The van der Waals surface area contributed by atoms with Crippen LogP contribution in [0.3, 0.4) is 0 Å². The summed E-state index contributed by atoms with van der Waals surface area (Å²) in [5, 5.41) is 5.55. The van der Waals surface area contributed by atoms with Crippen molar-refractivity contribution < 1.29 is 14.3 Å². The minimum Gasteiger partial charge on any atom is -0.444 e. The Morgan fingerprint density at radius 2 is 1.75 bits per heavy atom. The summed E-state index contributed by atoms with van der Waals surface area (Å²) in [6.45, 7) is 9.74. The Morgan fingerprint density at radius 3 is 2.29 bits per heavy atom. The molecule has 134 valence electrons. The lowest BCUT2D eigenvalue weighted by atomic mass is 10.0. The van der Waals surface area contributed by atoms with Gasteiger partial charge in [-0.15, -0.1) is 0 Å². The van der Waals surface area contributed by atoms with Crippen LogP contribution in [0.5, 0.6) is 0 Å². The lowest BCUT2D eigenvalue weighted by Crippen LogP contribution is -2.51. The van der Waals surface area contributed by atoms with Gasteiger partial charge in [0.15, 0.2) is 0 Å². The molecule has 0 radical (unpaired) electrons. The second-order valence-electron chi connectivity index (χ2n) is 7.25. The summed E-state index contributed by atoms with van der Waals surface area (Å²) >= 11 is 0. The normalized spacial score (nSPS) is 12.6. The van der Waals surface area contributed by atoms with Gasteiger partial charge in [-0.25, -0.2) is 4.79 Å². The first-order chi connectivity index (χ1) is 11.2. The number of ether oxygens (including phenoxy) is 1. The molecular weight excluding hydrogens is 304 g/mol. The van der Waals surface area contributed by atoms with Crippen LogP contribution in [0.2, 0.25) is 0 Å². The van der Waals surface area contributed by atoms with Gasteiger partial charge in [0.1, 0.15) is 11.6 Å². The number of alkyl carbamates (subject to hydrolysis) is 1. The van der Waals surface area contributed by atoms with Crippen molar-refractivity contribution in [3.8, 4) is 0 Å². The molecule has 1 unspecified atom stereocenters. The molecule has 2 N–H and O–H groups in total. The zero-order chi connectivity index (χ0) is 18.2. The Kier molecular flexibility index (Phi) is 7.75. The zero-order valence-corrected chi connectivity index (χ0v) is 15.4. The Labute approximate surface area is 145 Å². The largest absolute Gasteiger partial charge is 0.444 e. The number of rotatable bonds is 7. The lowest BCUT2D eigenvalue weighted by Gasteiger charge is -2.25. The average Bonchev–Trinajstić information content (AvgIpc) is 2.48. The lowest BCUT2D eigenvalue weighted by molar-refractivity contribution is -0.124. The van der Waals surface area contributed by atoms with Crippen molar-refractivity contribution in [3.63, 3.8) is 0 Å². The van der Waals surface area contributed by atoms with Gasteiger partial charge >= 0.3 is 6.09 Å². The van der Waals surface area contributed by atoms with Gasteiger partial charge in [-0.3, -0.25) is 4.79 Å². The van der Waals surface area contributed by atoms with Crippen molar-refractivity contribution in [2.45, 2.75) is 59.1 Å². The van der Waals surface area contributed by atoms with Crippen LogP contribution in [0, 0.1) is 5.92 Å².